The highest BCUT2D eigenvalue weighted by Gasteiger charge is 2.02. The summed E-state index contributed by atoms with van der Waals surface area (Å²) in [5.41, 5.74) is 0.934. The molecule has 0 aliphatic heterocycles. The summed E-state index contributed by atoms with van der Waals surface area (Å²) in [6, 6.07) is 0. The van der Waals surface area contributed by atoms with E-state index in [0.29, 0.717) is 4.77 Å². The summed E-state index contributed by atoms with van der Waals surface area (Å²) in [4.78, 5) is 13.7. The Morgan fingerprint density at radius 1 is 1.83 bits per heavy atom. The Morgan fingerprint density at radius 3 is 2.92 bits per heavy atom. The van der Waals surface area contributed by atoms with Gasteiger partial charge in [0.1, 0.15) is 6.54 Å². The van der Waals surface area contributed by atoms with Crippen molar-refractivity contribution in [2.24, 2.45) is 0 Å². The van der Waals surface area contributed by atoms with E-state index in [2.05, 4.69) is 9.72 Å². The SMILES string of the molecule is COC(=O)Cn1cc(C)[nH]c1=S. The van der Waals surface area contributed by atoms with Gasteiger partial charge >= 0.3 is 5.97 Å². The first kappa shape index (κ1) is 8.99. The van der Waals surface area contributed by atoms with Gasteiger partial charge < -0.3 is 14.3 Å². The number of esters is 1. The molecule has 0 radical (unpaired) electrons. The fraction of sp³-hybridized carbons (Fsp3) is 0.429. The van der Waals surface area contributed by atoms with Gasteiger partial charge in [-0.05, 0) is 19.1 Å². The summed E-state index contributed by atoms with van der Waals surface area (Å²) in [5, 5.41) is 0. The van der Waals surface area contributed by atoms with E-state index in [0.717, 1.165) is 5.69 Å². The molecule has 0 fully saturated rings. The van der Waals surface area contributed by atoms with Crippen LogP contribution in [0.2, 0.25) is 0 Å². The molecule has 0 aromatic carbocycles. The number of nitrogens with one attached hydrogen (secondary N) is 1. The van der Waals surface area contributed by atoms with Crippen LogP contribution in [0.3, 0.4) is 0 Å². The van der Waals surface area contributed by atoms with Crippen molar-refractivity contribution in [2.75, 3.05) is 7.11 Å². The van der Waals surface area contributed by atoms with Gasteiger partial charge in [0, 0.05) is 11.9 Å². The van der Waals surface area contributed by atoms with Crippen LogP contribution < -0.4 is 0 Å². The Morgan fingerprint density at radius 2 is 2.50 bits per heavy atom. The standard InChI is InChI=1S/C7H10N2O2S/c1-5-3-9(7(12)8-5)4-6(10)11-2/h3H,4H2,1-2H3,(H,8,12). The molecule has 1 aromatic rings. The van der Waals surface area contributed by atoms with E-state index in [4.69, 9.17) is 12.2 Å². The Balaban J connectivity index is 2.82. The third kappa shape index (κ3) is 1.94. The van der Waals surface area contributed by atoms with E-state index >= 15 is 0 Å². The first-order valence-electron chi connectivity index (χ1n) is 3.46. The predicted octanol–water partition coefficient (Wildman–Crippen LogP) is 1.03. The summed E-state index contributed by atoms with van der Waals surface area (Å²) in [5.74, 6) is -0.301. The molecule has 66 valence electrons. The highest BCUT2D eigenvalue weighted by Crippen LogP contribution is 1.97. The Labute approximate surface area is 75.2 Å². The van der Waals surface area contributed by atoms with Crippen molar-refractivity contribution in [2.45, 2.75) is 13.5 Å². The molecule has 12 heavy (non-hydrogen) atoms. The van der Waals surface area contributed by atoms with Crippen molar-refractivity contribution >= 4 is 18.2 Å². The number of hydrogen-bond acceptors (Lipinski definition) is 3. The maximum absolute atomic E-state index is 10.8. The molecule has 0 spiro atoms. The van der Waals surface area contributed by atoms with Crippen LogP contribution in [-0.4, -0.2) is 22.6 Å². The van der Waals surface area contributed by atoms with Gasteiger partial charge in [-0.1, -0.05) is 0 Å². The van der Waals surface area contributed by atoms with Crippen molar-refractivity contribution in [1.29, 1.82) is 0 Å². The zero-order valence-electron chi connectivity index (χ0n) is 6.96. The molecule has 4 nitrogen and oxygen atoms in total. The maximum Gasteiger partial charge on any atom is 0.325 e. The van der Waals surface area contributed by atoms with Crippen LogP contribution in [0.1, 0.15) is 5.69 Å². The molecule has 1 N–H and O–H groups in total. The minimum atomic E-state index is -0.301. The average Bonchev–Trinajstić information content (AvgIpc) is 2.30. The molecule has 0 saturated heterocycles. The number of rotatable bonds is 2. The summed E-state index contributed by atoms with van der Waals surface area (Å²) >= 11 is 4.94. The maximum atomic E-state index is 10.8. The number of H-pyrrole nitrogens is 1. The van der Waals surface area contributed by atoms with Crippen molar-refractivity contribution in [3.8, 4) is 0 Å². The lowest BCUT2D eigenvalue weighted by atomic mass is 10.5. The molecule has 0 unspecified atom stereocenters. The molecule has 0 bridgehead atoms. The molecule has 0 aliphatic carbocycles. The minimum Gasteiger partial charge on any atom is -0.468 e. The minimum absolute atomic E-state index is 0.166. The van der Waals surface area contributed by atoms with Gasteiger partial charge in [0.2, 0.25) is 0 Å². The van der Waals surface area contributed by atoms with Gasteiger partial charge in [-0.25, -0.2) is 0 Å². The highest BCUT2D eigenvalue weighted by atomic mass is 32.1. The number of methoxy groups -OCH3 is 1. The molecule has 1 rings (SSSR count). The molecule has 1 heterocycles. The fourth-order valence-electron chi connectivity index (χ4n) is 0.886. The number of hydrogen-bond donors (Lipinski definition) is 1. The van der Waals surface area contributed by atoms with Crippen molar-refractivity contribution in [3.63, 3.8) is 0 Å². The number of ether oxygens (including phenoxy) is 1. The van der Waals surface area contributed by atoms with E-state index in [-0.39, 0.29) is 12.5 Å². The summed E-state index contributed by atoms with van der Waals surface area (Å²) < 4.78 is 6.67. The lowest BCUT2D eigenvalue weighted by molar-refractivity contribution is -0.141. The van der Waals surface area contributed by atoms with Gasteiger partial charge in [0.05, 0.1) is 7.11 Å². The van der Waals surface area contributed by atoms with Crippen molar-refractivity contribution < 1.29 is 9.53 Å². The number of carbonyl (C=O) groups excluding carboxylic acids is 1. The van der Waals surface area contributed by atoms with E-state index in [9.17, 15) is 4.79 Å². The normalized spacial score (nSPS) is 9.83. The fourth-order valence-corrected chi connectivity index (χ4v) is 1.16. The van der Waals surface area contributed by atoms with E-state index in [1.54, 1.807) is 10.8 Å². The van der Waals surface area contributed by atoms with Gasteiger partial charge in [-0.15, -0.1) is 0 Å². The number of imidazole rings is 1. The van der Waals surface area contributed by atoms with Gasteiger partial charge in [-0.3, -0.25) is 4.79 Å². The Bertz CT molecular complexity index is 339. The molecule has 1 aromatic heterocycles. The van der Waals surface area contributed by atoms with Crippen LogP contribution in [-0.2, 0) is 16.1 Å². The smallest absolute Gasteiger partial charge is 0.325 e. The van der Waals surface area contributed by atoms with Crippen molar-refractivity contribution in [3.05, 3.63) is 16.7 Å². The summed E-state index contributed by atoms with van der Waals surface area (Å²) in [6.07, 6.45) is 1.78. The second-order valence-electron chi connectivity index (χ2n) is 2.45. The third-order valence-corrected chi connectivity index (χ3v) is 1.78. The molecule has 0 amide bonds. The summed E-state index contributed by atoms with van der Waals surface area (Å²) in [6.45, 7) is 2.04. The largest absolute Gasteiger partial charge is 0.468 e. The van der Waals surface area contributed by atoms with E-state index in [1.807, 2.05) is 6.92 Å². The zero-order chi connectivity index (χ0) is 9.14. The molecule has 0 aliphatic rings. The van der Waals surface area contributed by atoms with Crippen molar-refractivity contribution in [1.82, 2.24) is 9.55 Å². The second-order valence-corrected chi connectivity index (χ2v) is 2.83. The number of aromatic nitrogens is 2. The number of carbonyl (C=O) groups is 1. The monoisotopic (exact) mass is 186 g/mol. The number of nitrogens with zero attached hydrogens (tertiary/aromatic N) is 1. The summed E-state index contributed by atoms with van der Waals surface area (Å²) in [7, 11) is 1.35. The quantitative estimate of drug-likeness (QED) is 0.554. The van der Waals surface area contributed by atoms with Crippen LogP contribution in [0.15, 0.2) is 6.20 Å². The molecular weight excluding hydrogens is 176 g/mol. The first-order chi connectivity index (χ1) is 5.63. The Kier molecular flexibility index (Phi) is 2.65. The van der Waals surface area contributed by atoms with E-state index < -0.39 is 0 Å². The number of aromatic amines is 1. The highest BCUT2D eigenvalue weighted by molar-refractivity contribution is 7.71. The van der Waals surface area contributed by atoms with E-state index in [1.165, 1.54) is 7.11 Å². The third-order valence-electron chi connectivity index (χ3n) is 1.44. The van der Waals surface area contributed by atoms with Crippen LogP contribution in [0.25, 0.3) is 0 Å². The van der Waals surface area contributed by atoms with Gasteiger partial charge in [0.25, 0.3) is 0 Å². The molecular formula is C7H10N2O2S. The topological polar surface area (TPSA) is 47.0 Å². The van der Waals surface area contributed by atoms with Crippen LogP contribution in [0, 0.1) is 11.7 Å². The number of aryl methyl sites for hydroxylation is 1. The van der Waals surface area contributed by atoms with Gasteiger partial charge in [-0.2, -0.15) is 0 Å². The lowest BCUT2D eigenvalue weighted by Crippen LogP contribution is -2.10. The zero-order valence-corrected chi connectivity index (χ0v) is 7.77. The lowest BCUT2D eigenvalue weighted by Gasteiger charge is -1.98. The average molecular weight is 186 g/mol. The van der Waals surface area contributed by atoms with Crippen LogP contribution in [0.5, 0.6) is 0 Å². The molecule has 0 saturated carbocycles. The van der Waals surface area contributed by atoms with Crippen LogP contribution >= 0.6 is 12.2 Å². The Hall–Kier alpha value is -1.10. The van der Waals surface area contributed by atoms with Gasteiger partial charge in [0.15, 0.2) is 4.77 Å². The molecule has 5 heteroatoms. The molecule has 0 atom stereocenters. The predicted molar refractivity (Wildman–Crippen MR) is 46.4 cm³/mol. The second kappa shape index (κ2) is 3.53. The van der Waals surface area contributed by atoms with Crippen LogP contribution in [0.4, 0.5) is 0 Å². The first-order valence-corrected chi connectivity index (χ1v) is 3.87.